The van der Waals surface area contributed by atoms with Crippen LogP contribution in [0.4, 0.5) is 13.2 Å². The molecule has 2 rings (SSSR count). The van der Waals surface area contributed by atoms with Crippen LogP contribution in [0, 0.1) is 5.41 Å². The van der Waals surface area contributed by atoms with Gasteiger partial charge in [0.1, 0.15) is 0 Å². The maximum Gasteiger partial charge on any atom is 0.397 e. The Morgan fingerprint density at radius 3 is 2.16 bits per heavy atom. The number of halogens is 3. The molecule has 19 heavy (non-hydrogen) atoms. The molecule has 0 aromatic heterocycles. The van der Waals surface area contributed by atoms with Crippen molar-refractivity contribution in [1.29, 1.82) is 0 Å². The van der Waals surface area contributed by atoms with Crippen molar-refractivity contribution in [3.05, 3.63) is 11.6 Å². The van der Waals surface area contributed by atoms with E-state index in [4.69, 9.17) is 9.47 Å². The number of aliphatic hydroxyl groups is 1. The third kappa shape index (κ3) is 2.19. The fraction of sp³-hybridized carbons (Fsp3) is 0.846. The highest BCUT2D eigenvalue weighted by Gasteiger charge is 2.63. The number of hydrogen-bond acceptors (Lipinski definition) is 3. The maximum atomic E-state index is 13.3. The number of hydrogen-bond donors (Lipinski definition) is 1. The zero-order valence-corrected chi connectivity index (χ0v) is 11.4. The second kappa shape index (κ2) is 4.20. The van der Waals surface area contributed by atoms with Gasteiger partial charge in [0.05, 0.1) is 23.7 Å². The van der Waals surface area contributed by atoms with Gasteiger partial charge in [-0.25, -0.2) is 0 Å². The van der Waals surface area contributed by atoms with E-state index in [1.165, 1.54) is 13.0 Å². The predicted octanol–water partition coefficient (Wildman–Crippen LogP) is 2.79. The summed E-state index contributed by atoms with van der Waals surface area (Å²) < 4.78 is 51.0. The minimum absolute atomic E-state index is 0.229. The number of ether oxygens (including phenoxy) is 2. The monoisotopic (exact) mass is 280 g/mol. The van der Waals surface area contributed by atoms with Crippen molar-refractivity contribution in [2.24, 2.45) is 5.41 Å². The lowest BCUT2D eigenvalue weighted by molar-refractivity contribution is -0.281. The number of aliphatic hydroxyl groups excluding tert-OH is 1. The molecule has 1 aliphatic carbocycles. The largest absolute Gasteiger partial charge is 0.397 e. The van der Waals surface area contributed by atoms with E-state index >= 15 is 0 Å². The van der Waals surface area contributed by atoms with Crippen molar-refractivity contribution in [2.75, 3.05) is 0 Å². The van der Waals surface area contributed by atoms with E-state index in [0.717, 1.165) is 6.92 Å². The van der Waals surface area contributed by atoms with Crippen LogP contribution < -0.4 is 0 Å². The van der Waals surface area contributed by atoms with E-state index in [1.54, 1.807) is 13.8 Å². The molecule has 1 saturated heterocycles. The fourth-order valence-electron chi connectivity index (χ4n) is 2.84. The maximum absolute atomic E-state index is 13.3. The highest BCUT2D eigenvalue weighted by atomic mass is 19.4. The lowest BCUT2D eigenvalue weighted by atomic mass is 9.70. The molecule has 2 aliphatic rings. The van der Waals surface area contributed by atoms with Crippen LogP contribution in [0.3, 0.4) is 0 Å². The Labute approximate surface area is 110 Å². The molecule has 110 valence electrons. The Balaban J connectivity index is 2.42. The molecule has 0 aromatic rings. The summed E-state index contributed by atoms with van der Waals surface area (Å²) in [5.41, 5.74) is -2.04. The molecule has 1 N–H and O–H groups in total. The van der Waals surface area contributed by atoms with E-state index in [-0.39, 0.29) is 17.8 Å². The molecular weight excluding hydrogens is 261 g/mol. The number of alkyl halides is 3. The van der Waals surface area contributed by atoms with Gasteiger partial charge in [-0.1, -0.05) is 0 Å². The van der Waals surface area contributed by atoms with Gasteiger partial charge < -0.3 is 14.6 Å². The zero-order valence-electron chi connectivity index (χ0n) is 11.4. The molecule has 3 nitrogen and oxygen atoms in total. The standard InChI is InChI=1S/C13H19F3O3/c1-7-5-12(18-8(2)9(3)19-12)6-11(4,10(7)17)13(14,15)16/h5,8-10,17H,6H2,1-4H3. The highest BCUT2D eigenvalue weighted by molar-refractivity contribution is 5.23. The first kappa shape index (κ1) is 14.8. The Morgan fingerprint density at radius 2 is 1.74 bits per heavy atom. The summed E-state index contributed by atoms with van der Waals surface area (Å²) in [6.07, 6.45) is -5.62. The molecule has 4 unspecified atom stereocenters. The summed E-state index contributed by atoms with van der Waals surface area (Å²) >= 11 is 0. The molecule has 0 saturated carbocycles. The van der Waals surface area contributed by atoms with Crippen LogP contribution in [-0.2, 0) is 9.47 Å². The smallest absolute Gasteiger partial charge is 0.388 e. The second-order valence-electron chi connectivity index (χ2n) is 5.84. The molecule has 0 amide bonds. The normalized spacial score (nSPS) is 47.6. The minimum atomic E-state index is -4.53. The highest BCUT2D eigenvalue weighted by Crippen LogP contribution is 2.54. The minimum Gasteiger partial charge on any atom is -0.388 e. The van der Waals surface area contributed by atoms with Crippen LogP contribution in [0.5, 0.6) is 0 Å². The molecule has 0 aromatic carbocycles. The first-order valence-electron chi connectivity index (χ1n) is 6.30. The van der Waals surface area contributed by atoms with Gasteiger partial charge in [0.15, 0.2) is 5.79 Å². The average Bonchev–Trinajstić information content (AvgIpc) is 2.49. The Kier molecular flexibility index (Phi) is 3.27. The van der Waals surface area contributed by atoms with Crippen LogP contribution in [0.15, 0.2) is 11.6 Å². The van der Waals surface area contributed by atoms with Gasteiger partial charge >= 0.3 is 6.18 Å². The van der Waals surface area contributed by atoms with E-state index < -0.39 is 29.9 Å². The quantitative estimate of drug-likeness (QED) is 0.693. The lowest BCUT2D eigenvalue weighted by Crippen LogP contribution is -2.54. The van der Waals surface area contributed by atoms with Gasteiger partial charge in [-0.3, -0.25) is 0 Å². The molecule has 1 spiro atoms. The van der Waals surface area contributed by atoms with Crippen LogP contribution in [-0.4, -0.2) is 35.4 Å². The van der Waals surface area contributed by atoms with Gasteiger partial charge in [-0.2, -0.15) is 13.2 Å². The van der Waals surface area contributed by atoms with Crippen LogP contribution >= 0.6 is 0 Å². The fourth-order valence-corrected chi connectivity index (χ4v) is 2.84. The topological polar surface area (TPSA) is 38.7 Å². The molecule has 0 radical (unpaired) electrons. The van der Waals surface area contributed by atoms with Crippen molar-refractivity contribution < 1.29 is 27.8 Å². The van der Waals surface area contributed by atoms with E-state index in [9.17, 15) is 18.3 Å². The van der Waals surface area contributed by atoms with Gasteiger partial charge in [-0.05, 0) is 39.3 Å². The van der Waals surface area contributed by atoms with Crippen molar-refractivity contribution in [3.8, 4) is 0 Å². The molecular formula is C13H19F3O3. The summed E-state index contributed by atoms with van der Waals surface area (Å²) in [6, 6.07) is 0. The average molecular weight is 280 g/mol. The van der Waals surface area contributed by atoms with Gasteiger partial charge in [-0.15, -0.1) is 0 Å². The van der Waals surface area contributed by atoms with Gasteiger partial charge in [0, 0.05) is 6.42 Å². The third-order valence-electron chi connectivity index (χ3n) is 4.18. The van der Waals surface area contributed by atoms with Gasteiger partial charge in [0.2, 0.25) is 0 Å². The zero-order chi connectivity index (χ0) is 14.6. The molecule has 0 bridgehead atoms. The molecule has 6 heteroatoms. The molecule has 1 heterocycles. The van der Waals surface area contributed by atoms with E-state index in [1.807, 2.05) is 0 Å². The van der Waals surface area contributed by atoms with Crippen LogP contribution in [0.2, 0.25) is 0 Å². The molecule has 4 atom stereocenters. The van der Waals surface area contributed by atoms with Crippen molar-refractivity contribution >= 4 is 0 Å². The number of rotatable bonds is 0. The summed E-state index contributed by atoms with van der Waals surface area (Å²) in [6.45, 7) is 6.00. The Bertz CT molecular complexity index is 394. The van der Waals surface area contributed by atoms with Crippen molar-refractivity contribution in [2.45, 2.75) is 64.4 Å². The third-order valence-corrected chi connectivity index (χ3v) is 4.18. The Hall–Kier alpha value is -0.590. The summed E-state index contributed by atoms with van der Waals surface area (Å²) in [5.74, 6) is -1.38. The summed E-state index contributed by atoms with van der Waals surface area (Å²) in [5, 5.41) is 9.91. The lowest BCUT2D eigenvalue weighted by Gasteiger charge is -2.45. The first-order valence-corrected chi connectivity index (χ1v) is 6.30. The SMILES string of the molecule is CC1=CC2(CC(C)(C(F)(F)F)C1O)OC(C)C(C)O2. The Morgan fingerprint density at radius 1 is 1.26 bits per heavy atom. The van der Waals surface area contributed by atoms with Crippen molar-refractivity contribution in [3.63, 3.8) is 0 Å². The molecule has 1 fully saturated rings. The van der Waals surface area contributed by atoms with Crippen LogP contribution in [0.1, 0.15) is 34.1 Å². The summed E-state index contributed by atoms with van der Waals surface area (Å²) in [4.78, 5) is 0. The van der Waals surface area contributed by atoms with Gasteiger partial charge in [0.25, 0.3) is 0 Å². The second-order valence-corrected chi connectivity index (χ2v) is 5.84. The first-order chi connectivity index (χ1) is 8.51. The molecule has 1 aliphatic heterocycles. The van der Waals surface area contributed by atoms with E-state index in [2.05, 4.69) is 0 Å². The van der Waals surface area contributed by atoms with Crippen LogP contribution in [0.25, 0.3) is 0 Å². The van der Waals surface area contributed by atoms with Crippen molar-refractivity contribution in [1.82, 2.24) is 0 Å². The summed E-state index contributed by atoms with van der Waals surface area (Å²) in [7, 11) is 0. The van der Waals surface area contributed by atoms with E-state index in [0.29, 0.717) is 0 Å². The predicted molar refractivity (Wildman–Crippen MR) is 62.4 cm³/mol.